The molecule has 0 aliphatic heterocycles. The third-order valence-corrected chi connectivity index (χ3v) is 3.15. The van der Waals surface area contributed by atoms with Gasteiger partial charge >= 0.3 is 0 Å². The fourth-order valence-corrected chi connectivity index (χ4v) is 1.89. The number of likely N-dealkylation sites (N-methyl/N-ethyl adjacent to an activating group) is 1. The van der Waals surface area contributed by atoms with Gasteiger partial charge in [0, 0.05) is 20.6 Å². The number of amides is 2. The van der Waals surface area contributed by atoms with Crippen LogP contribution in [0.4, 0.5) is 0 Å². The number of rotatable bonds is 7. The SMILES string of the molecule is C=CCn1cnnc1SCC(=O)NCC(=O)N(C)C. The van der Waals surface area contributed by atoms with Crippen molar-refractivity contribution in [1.82, 2.24) is 25.0 Å². The zero-order valence-electron chi connectivity index (χ0n) is 11.0. The Hall–Kier alpha value is -1.83. The predicted molar refractivity (Wildman–Crippen MR) is 72.6 cm³/mol. The molecule has 0 radical (unpaired) electrons. The van der Waals surface area contributed by atoms with Gasteiger partial charge in [0.05, 0.1) is 12.3 Å². The third-order valence-electron chi connectivity index (χ3n) is 2.17. The zero-order chi connectivity index (χ0) is 14.3. The van der Waals surface area contributed by atoms with Crippen LogP contribution in [0.3, 0.4) is 0 Å². The Morgan fingerprint density at radius 3 is 2.95 bits per heavy atom. The summed E-state index contributed by atoms with van der Waals surface area (Å²) < 4.78 is 1.79. The van der Waals surface area contributed by atoms with Gasteiger partial charge in [-0.25, -0.2) is 0 Å². The Bertz CT molecular complexity index is 458. The normalized spacial score (nSPS) is 10.0. The van der Waals surface area contributed by atoms with Crippen molar-refractivity contribution in [2.24, 2.45) is 0 Å². The summed E-state index contributed by atoms with van der Waals surface area (Å²) in [6.45, 7) is 4.23. The van der Waals surface area contributed by atoms with Crippen molar-refractivity contribution in [3.8, 4) is 0 Å². The molecule has 8 heteroatoms. The highest BCUT2D eigenvalue weighted by Crippen LogP contribution is 2.13. The van der Waals surface area contributed by atoms with Crippen LogP contribution in [0.25, 0.3) is 0 Å². The van der Waals surface area contributed by atoms with Gasteiger partial charge in [-0.05, 0) is 0 Å². The van der Waals surface area contributed by atoms with Gasteiger partial charge in [-0.3, -0.25) is 9.59 Å². The second-order valence-electron chi connectivity index (χ2n) is 3.91. The summed E-state index contributed by atoms with van der Waals surface area (Å²) in [7, 11) is 3.28. The molecule has 2 amide bonds. The van der Waals surface area contributed by atoms with Crippen LogP contribution in [-0.2, 0) is 16.1 Å². The molecule has 0 aliphatic carbocycles. The van der Waals surface area contributed by atoms with E-state index in [0.717, 1.165) is 0 Å². The smallest absolute Gasteiger partial charge is 0.241 e. The van der Waals surface area contributed by atoms with E-state index in [1.165, 1.54) is 16.7 Å². The standard InChI is InChI=1S/C11H17N5O2S/c1-4-5-16-8-13-14-11(16)19-7-9(17)12-6-10(18)15(2)3/h4,8H,1,5-7H2,2-3H3,(H,12,17). The first-order valence-corrected chi connectivity index (χ1v) is 6.61. The molecule has 19 heavy (non-hydrogen) atoms. The van der Waals surface area contributed by atoms with E-state index >= 15 is 0 Å². The highest BCUT2D eigenvalue weighted by atomic mass is 32.2. The maximum Gasteiger partial charge on any atom is 0.241 e. The summed E-state index contributed by atoms with van der Waals surface area (Å²) in [5.74, 6) is -0.169. The van der Waals surface area contributed by atoms with Gasteiger partial charge in [-0.15, -0.1) is 16.8 Å². The third kappa shape index (κ3) is 5.12. The molecule has 0 aromatic carbocycles. The summed E-state index contributed by atoms with van der Waals surface area (Å²) in [6.07, 6.45) is 3.31. The second-order valence-corrected chi connectivity index (χ2v) is 4.85. The van der Waals surface area contributed by atoms with Crippen LogP contribution in [0.15, 0.2) is 24.1 Å². The molecule has 0 aliphatic rings. The largest absolute Gasteiger partial charge is 0.347 e. The molecule has 1 aromatic rings. The van der Waals surface area contributed by atoms with Gasteiger partial charge in [0.1, 0.15) is 6.33 Å². The number of hydrogen-bond donors (Lipinski definition) is 1. The Balaban J connectivity index is 2.35. The fourth-order valence-electron chi connectivity index (χ4n) is 1.13. The lowest BCUT2D eigenvalue weighted by atomic mass is 10.5. The van der Waals surface area contributed by atoms with Gasteiger partial charge in [0.15, 0.2) is 5.16 Å². The highest BCUT2D eigenvalue weighted by molar-refractivity contribution is 7.99. The monoisotopic (exact) mass is 283 g/mol. The minimum absolute atomic E-state index is 0.00570. The topological polar surface area (TPSA) is 80.1 Å². The average molecular weight is 283 g/mol. The van der Waals surface area contributed by atoms with Gasteiger partial charge in [0.2, 0.25) is 11.8 Å². The summed E-state index contributed by atoms with van der Waals surface area (Å²) in [4.78, 5) is 24.3. The Labute approximate surface area is 116 Å². The minimum atomic E-state index is -0.214. The van der Waals surface area contributed by atoms with E-state index in [0.29, 0.717) is 11.7 Å². The molecule has 1 aromatic heterocycles. The van der Waals surface area contributed by atoms with Crippen molar-refractivity contribution in [2.75, 3.05) is 26.4 Å². The van der Waals surface area contributed by atoms with Crippen LogP contribution in [-0.4, -0.2) is 57.9 Å². The first-order chi connectivity index (χ1) is 9.04. The molecule has 0 atom stereocenters. The van der Waals surface area contributed by atoms with E-state index < -0.39 is 0 Å². The molecule has 7 nitrogen and oxygen atoms in total. The predicted octanol–water partition coefficient (Wildman–Crippen LogP) is -0.239. The maximum absolute atomic E-state index is 11.6. The number of carbonyl (C=O) groups excluding carboxylic acids is 2. The molecule has 104 valence electrons. The number of carbonyl (C=O) groups is 2. The fraction of sp³-hybridized carbons (Fsp3) is 0.455. The first kappa shape index (κ1) is 15.2. The van der Waals surface area contributed by atoms with Crippen LogP contribution >= 0.6 is 11.8 Å². The molecule has 0 saturated heterocycles. The lowest BCUT2D eigenvalue weighted by molar-refractivity contribution is -0.130. The van der Waals surface area contributed by atoms with Gasteiger partial charge in [-0.1, -0.05) is 17.8 Å². The minimum Gasteiger partial charge on any atom is -0.347 e. The molecule has 0 unspecified atom stereocenters. The number of nitrogens with zero attached hydrogens (tertiary/aromatic N) is 4. The number of hydrogen-bond acceptors (Lipinski definition) is 5. The van der Waals surface area contributed by atoms with Gasteiger partial charge in [-0.2, -0.15) is 0 Å². The van der Waals surface area contributed by atoms with Crippen molar-refractivity contribution in [3.05, 3.63) is 19.0 Å². The zero-order valence-corrected chi connectivity index (χ0v) is 11.8. The van der Waals surface area contributed by atoms with E-state index in [2.05, 4.69) is 22.1 Å². The van der Waals surface area contributed by atoms with E-state index in [1.807, 2.05) is 0 Å². The summed E-state index contributed by atoms with van der Waals surface area (Å²) in [5, 5.41) is 10.9. The second kappa shape index (κ2) is 7.57. The quantitative estimate of drug-likeness (QED) is 0.552. The molecular formula is C11H17N5O2S. The molecular weight excluding hydrogens is 266 g/mol. The van der Waals surface area contributed by atoms with Crippen LogP contribution in [0, 0.1) is 0 Å². The molecule has 1 N–H and O–H groups in total. The Morgan fingerprint density at radius 2 is 2.32 bits per heavy atom. The van der Waals surface area contributed by atoms with E-state index in [1.54, 1.807) is 31.1 Å². The molecule has 1 rings (SSSR count). The van der Waals surface area contributed by atoms with Crippen molar-refractivity contribution in [2.45, 2.75) is 11.7 Å². The highest BCUT2D eigenvalue weighted by Gasteiger charge is 2.10. The summed E-state index contributed by atoms with van der Waals surface area (Å²) in [6, 6.07) is 0. The van der Waals surface area contributed by atoms with E-state index in [9.17, 15) is 9.59 Å². The van der Waals surface area contributed by atoms with Crippen molar-refractivity contribution < 1.29 is 9.59 Å². The van der Waals surface area contributed by atoms with Crippen molar-refractivity contribution in [1.29, 1.82) is 0 Å². The Kier molecular flexibility index (Phi) is 6.07. The summed E-state index contributed by atoms with van der Waals surface area (Å²) in [5.41, 5.74) is 0. The maximum atomic E-state index is 11.6. The van der Waals surface area contributed by atoms with Gasteiger partial charge < -0.3 is 14.8 Å². The number of nitrogens with one attached hydrogen (secondary N) is 1. The van der Waals surface area contributed by atoms with E-state index in [-0.39, 0.29) is 24.1 Å². The molecule has 0 spiro atoms. The van der Waals surface area contributed by atoms with Crippen LogP contribution in [0.2, 0.25) is 0 Å². The van der Waals surface area contributed by atoms with Crippen molar-refractivity contribution >= 4 is 23.6 Å². The molecule has 1 heterocycles. The molecule has 0 bridgehead atoms. The number of aromatic nitrogens is 3. The number of allylic oxidation sites excluding steroid dienone is 1. The number of thioether (sulfide) groups is 1. The van der Waals surface area contributed by atoms with Crippen LogP contribution in [0.1, 0.15) is 0 Å². The average Bonchev–Trinajstić information content (AvgIpc) is 2.81. The van der Waals surface area contributed by atoms with Crippen LogP contribution < -0.4 is 5.32 Å². The lowest BCUT2D eigenvalue weighted by Gasteiger charge is -2.10. The van der Waals surface area contributed by atoms with Crippen molar-refractivity contribution in [3.63, 3.8) is 0 Å². The summed E-state index contributed by atoms with van der Waals surface area (Å²) >= 11 is 1.27. The molecule has 0 saturated carbocycles. The molecule has 0 fully saturated rings. The van der Waals surface area contributed by atoms with Gasteiger partial charge in [0.25, 0.3) is 0 Å². The first-order valence-electron chi connectivity index (χ1n) is 5.63. The Morgan fingerprint density at radius 1 is 1.58 bits per heavy atom. The van der Waals surface area contributed by atoms with E-state index in [4.69, 9.17) is 0 Å². The van der Waals surface area contributed by atoms with Crippen LogP contribution in [0.5, 0.6) is 0 Å². The lowest BCUT2D eigenvalue weighted by Crippen LogP contribution is -2.37.